The number of anilines is 1. The third-order valence-corrected chi connectivity index (χ3v) is 5.09. The van der Waals surface area contributed by atoms with Crippen LogP contribution in [0.2, 0.25) is 0 Å². The van der Waals surface area contributed by atoms with E-state index >= 15 is 0 Å². The minimum absolute atomic E-state index is 0.613. The van der Waals surface area contributed by atoms with Crippen LogP contribution in [0.3, 0.4) is 0 Å². The molecule has 0 spiro atoms. The molecular formula is C19H27N. The van der Waals surface area contributed by atoms with Crippen molar-refractivity contribution < 1.29 is 0 Å². The van der Waals surface area contributed by atoms with Gasteiger partial charge in [0.1, 0.15) is 0 Å². The smallest absolute Gasteiger partial charge is 0.0446 e. The summed E-state index contributed by atoms with van der Waals surface area (Å²) in [7, 11) is 0. The number of rotatable bonds is 3. The van der Waals surface area contributed by atoms with Gasteiger partial charge in [0, 0.05) is 23.8 Å². The summed E-state index contributed by atoms with van der Waals surface area (Å²) < 4.78 is 0. The maximum Gasteiger partial charge on any atom is 0.0446 e. The van der Waals surface area contributed by atoms with Gasteiger partial charge in [0.25, 0.3) is 0 Å². The maximum absolute atomic E-state index is 2.64. The molecule has 2 aliphatic rings. The van der Waals surface area contributed by atoms with Gasteiger partial charge in [-0.15, -0.1) is 0 Å². The lowest BCUT2D eigenvalue weighted by molar-refractivity contribution is 0.464. The quantitative estimate of drug-likeness (QED) is 0.702. The van der Waals surface area contributed by atoms with Crippen molar-refractivity contribution in [3.63, 3.8) is 0 Å². The van der Waals surface area contributed by atoms with Crippen molar-refractivity contribution in [2.45, 2.75) is 58.8 Å². The van der Waals surface area contributed by atoms with Gasteiger partial charge in [-0.25, -0.2) is 0 Å². The molecule has 2 unspecified atom stereocenters. The number of allylic oxidation sites excluding steroid dienone is 2. The normalized spacial score (nSPS) is 25.4. The van der Waals surface area contributed by atoms with E-state index in [0.717, 1.165) is 5.92 Å². The molecule has 1 heteroatoms. The molecule has 1 aromatic carbocycles. The highest BCUT2D eigenvalue weighted by Gasteiger charge is 2.32. The Hall–Kier alpha value is -1.24. The Morgan fingerprint density at radius 2 is 2.00 bits per heavy atom. The van der Waals surface area contributed by atoms with Crippen LogP contribution in [-0.2, 0) is 0 Å². The average Bonchev–Trinajstić information content (AvgIpc) is 2.48. The third-order valence-electron chi connectivity index (χ3n) is 5.09. The lowest BCUT2D eigenvalue weighted by atomic mass is 9.76. The van der Waals surface area contributed by atoms with Gasteiger partial charge >= 0.3 is 0 Å². The van der Waals surface area contributed by atoms with Crippen LogP contribution in [0.5, 0.6) is 0 Å². The summed E-state index contributed by atoms with van der Waals surface area (Å²) in [5, 5.41) is 0. The Morgan fingerprint density at radius 3 is 2.80 bits per heavy atom. The zero-order chi connectivity index (χ0) is 14.1. The molecular weight excluding hydrogens is 242 g/mol. The summed E-state index contributed by atoms with van der Waals surface area (Å²) in [5.41, 5.74) is 6.39. The Morgan fingerprint density at radius 1 is 1.20 bits per heavy atom. The number of hydrogen-bond donors (Lipinski definition) is 0. The molecule has 1 aromatic rings. The molecule has 20 heavy (non-hydrogen) atoms. The summed E-state index contributed by atoms with van der Waals surface area (Å²) in [5.74, 6) is 1.47. The van der Waals surface area contributed by atoms with E-state index in [1.165, 1.54) is 49.9 Å². The van der Waals surface area contributed by atoms with Gasteiger partial charge in [0.05, 0.1) is 0 Å². The van der Waals surface area contributed by atoms with Crippen molar-refractivity contribution in [2.24, 2.45) is 5.92 Å². The maximum atomic E-state index is 2.64. The van der Waals surface area contributed by atoms with E-state index in [-0.39, 0.29) is 0 Å². The fraction of sp³-hybridized carbons (Fsp3) is 0.579. The van der Waals surface area contributed by atoms with Crippen molar-refractivity contribution in [3.8, 4) is 0 Å². The Kier molecular flexibility index (Phi) is 3.87. The third kappa shape index (κ3) is 2.28. The zero-order valence-corrected chi connectivity index (χ0v) is 13.2. The molecule has 0 saturated carbocycles. The summed E-state index contributed by atoms with van der Waals surface area (Å²) in [6.07, 6.45) is 6.49. The van der Waals surface area contributed by atoms with E-state index < -0.39 is 0 Å². The summed E-state index contributed by atoms with van der Waals surface area (Å²) in [6.45, 7) is 8.29. The minimum atomic E-state index is 0.613. The standard InChI is InChI=1S/C19H27N/c1-4-5-12-20-18-9-7-6-8-16(18)15(3)17-13-14(2)10-11-19(17)20/h6-9,14-15H,4-5,10-13H2,1-3H3. The van der Waals surface area contributed by atoms with Crippen LogP contribution in [0, 0.1) is 5.92 Å². The predicted octanol–water partition coefficient (Wildman–Crippen LogP) is 5.48. The SMILES string of the molecule is CCCCN1C2=C(CC(C)CC2)C(C)c2ccccc21. The van der Waals surface area contributed by atoms with Crippen LogP contribution in [0.25, 0.3) is 0 Å². The van der Waals surface area contributed by atoms with Crippen LogP contribution in [-0.4, -0.2) is 6.54 Å². The molecule has 1 heterocycles. The first-order chi connectivity index (χ1) is 9.72. The highest BCUT2D eigenvalue weighted by molar-refractivity contribution is 5.65. The lowest BCUT2D eigenvalue weighted by Gasteiger charge is -2.42. The molecule has 1 nitrogen and oxygen atoms in total. The summed E-state index contributed by atoms with van der Waals surface area (Å²) in [4.78, 5) is 2.64. The minimum Gasteiger partial charge on any atom is -0.345 e. The fourth-order valence-corrected chi connectivity index (χ4v) is 3.88. The van der Waals surface area contributed by atoms with E-state index in [9.17, 15) is 0 Å². The number of hydrogen-bond acceptors (Lipinski definition) is 1. The second-order valence-corrected chi connectivity index (χ2v) is 6.61. The molecule has 0 aromatic heterocycles. The molecule has 0 fully saturated rings. The molecule has 0 bridgehead atoms. The monoisotopic (exact) mass is 269 g/mol. The van der Waals surface area contributed by atoms with Crippen LogP contribution < -0.4 is 4.90 Å². The van der Waals surface area contributed by atoms with Gasteiger partial charge in [-0.05, 0) is 48.8 Å². The fourth-order valence-electron chi connectivity index (χ4n) is 3.88. The highest BCUT2D eigenvalue weighted by atomic mass is 15.2. The van der Waals surface area contributed by atoms with Gasteiger partial charge in [-0.2, -0.15) is 0 Å². The Labute approximate surface area is 123 Å². The van der Waals surface area contributed by atoms with Crippen LogP contribution >= 0.6 is 0 Å². The lowest BCUT2D eigenvalue weighted by Crippen LogP contribution is -2.33. The van der Waals surface area contributed by atoms with Gasteiger partial charge in [0.15, 0.2) is 0 Å². The van der Waals surface area contributed by atoms with Gasteiger partial charge in [0.2, 0.25) is 0 Å². The molecule has 3 rings (SSSR count). The topological polar surface area (TPSA) is 3.24 Å². The van der Waals surface area contributed by atoms with Crippen LogP contribution in [0.15, 0.2) is 35.5 Å². The number of unbranched alkanes of at least 4 members (excludes halogenated alkanes) is 1. The Balaban J connectivity index is 2.03. The second kappa shape index (κ2) is 5.63. The number of nitrogens with zero attached hydrogens (tertiary/aromatic N) is 1. The van der Waals surface area contributed by atoms with Gasteiger partial charge in [-0.3, -0.25) is 0 Å². The molecule has 0 N–H and O–H groups in total. The predicted molar refractivity (Wildman–Crippen MR) is 87.2 cm³/mol. The van der Waals surface area contributed by atoms with Gasteiger partial charge < -0.3 is 4.90 Å². The molecule has 1 aliphatic heterocycles. The molecule has 2 atom stereocenters. The number of benzene rings is 1. The first-order valence-corrected chi connectivity index (χ1v) is 8.30. The molecule has 0 saturated heterocycles. The molecule has 1 aliphatic carbocycles. The number of fused-ring (bicyclic) bond motifs is 1. The first kappa shape index (κ1) is 13.7. The van der Waals surface area contributed by atoms with E-state index in [4.69, 9.17) is 0 Å². The first-order valence-electron chi connectivity index (χ1n) is 8.30. The second-order valence-electron chi connectivity index (χ2n) is 6.61. The van der Waals surface area contributed by atoms with E-state index in [2.05, 4.69) is 49.9 Å². The molecule has 0 radical (unpaired) electrons. The summed E-state index contributed by atoms with van der Waals surface area (Å²) >= 11 is 0. The van der Waals surface area contributed by atoms with E-state index in [1.54, 1.807) is 11.3 Å². The largest absolute Gasteiger partial charge is 0.345 e. The van der Waals surface area contributed by atoms with Gasteiger partial charge in [-0.1, -0.05) is 45.4 Å². The van der Waals surface area contributed by atoms with Crippen molar-refractivity contribution in [2.75, 3.05) is 11.4 Å². The van der Waals surface area contributed by atoms with Crippen molar-refractivity contribution in [1.29, 1.82) is 0 Å². The molecule has 0 amide bonds. The van der Waals surface area contributed by atoms with E-state index in [1.807, 2.05) is 0 Å². The zero-order valence-electron chi connectivity index (χ0n) is 13.2. The van der Waals surface area contributed by atoms with E-state index in [0.29, 0.717) is 5.92 Å². The Bertz CT molecular complexity index is 514. The average molecular weight is 269 g/mol. The van der Waals surface area contributed by atoms with Crippen molar-refractivity contribution in [3.05, 3.63) is 41.1 Å². The molecule has 108 valence electrons. The van der Waals surface area contributed by atoms with Crippen LogP contribution in [0.4, 0.5) is 5.69 Å². The van der Waals surface area contributed by atoms with Crippen molar-refractivity contribution in [1.82, 2.24) is 0 Å². The van der Waals surface area contributed by atoms with Crippen LogP contribution in [0.1, 0.15) is 64.4 Å². The number of para-hydroxylation sites is 1. The van der Waals surface area contributed by atoms with Crippen molar-refractivity contribution >= 4 is 5.69 Å². The highest BCUT2D eigenvalue weighted by Crippen LogP contribution is 2.47. The summed E-state index contributed by atoms with van der Waals surface area (Å²) in [6, 6.07) is 9.05.